The second kappa shape index (κ2) is 7.40. The van der Waals surface area contributed by atoms with Crippen molar-refractivity contribution >= 4 is 26.7 Å². The molecular weight excluding hydrogens is 406 g/mol. The van der Waals surface area contributed by atoms with Gasteiger partial charge in [-0.1, -0.05) is 53.7 Å². The smallest absolute Gasteiger partial charge is 0.261 e. The van der Waals surface area contributed by atoms with E-state index in [4.69, 9.17) is 4.42 Å². The monoisotopic (exact) mass is 439 g/mol. The summed E-state index contributed by atoms with van der Waals surface area (Å²) in [6.45, 7) is 13.2. The fraction of sp³-hybridized carbons (Fsp3) is 0.462. The number of nitrogens with one attached hydrogen (secondary N) is 1. The van der Waals surface area contributed by atoms with E-state index in [1.54, 1.807) is 18.2 Å². The highest BCUT2D eigenvalue weighted by Crippen LogP contribution is 2.41. The van der Waals surface area contributed by atoms with Crippen LogP contribution < -0.4 is 4.72 Å². The lowest BCUT2D eigenvalue weighted by atomic mass is 9.71. The van der Waals surface area contributed by atoms with E-state index in [0.29, 0.717) is 11.6 Å². The highest BCUT2D eigenvalue weighted by Gasteiger charge is 2.31. The Morgan fingerprint density at radius 2 is 1.65 bits per heavy atom. The molecular formula is C26H33NO3S. The number of hydrogen-bond acceptors (Lipinski definition) is 3. The largest absolute Gasteiger partial charge is 0.461 e. The van der Waals surface area contributed by atoms with Gasteiger partial charge < -0.3 is 4.42 Å². The molecule has 0 amide bonds. The first-order valence-corrected chi connectivity index (χ1v) is 12.5. The Morgan fingerprint density at radius 1 is 0.968 bits per heavy atom. The van der Waals surface area contributed by atoms with Crippen molar-refractivity contribution in [2.45, 2.75) is 71.1 Å². The first-order valence-electron chi connectivity index (χ1n) is 11.0. The molecule has 0 unspecified atom stereocenters. The van der Waals surface area contributed by atoms with Crippen LogP contribution in [-0.4, -0.2) is 8.42 Å². The molecule has 0 saturated heterocycles. The zero-order valence-electron chi connectivity index (χ0n) is 19.4. The number of anilines is 1. The summed E-state index contributed by atoms with van der Waals surface area (Å²) in [6.07, 6.45) is 3.03. The highest BCUT2D eigenvalue weighted by molar-refractivity contribution is 7.92. The van der Waals surface area contributed by atoms with Gasteiger partial charge in [0.1, 0.15) is 11.3 Å². The number of aryl methyl sites for hydroxylation is 1. The van der Waals surface area contributed by atoms with E-state index in [0.717, 1.165) is 41.6 Å². The lowest BCUT2D eigenvalue weighted by Gasteiger charge is -2.33. The molecule has 1 aliphatic rings. The Morgan fingerprint density at radius 3 is 2.26 bits per heavy atom. The summed E-state index contributed by atoms with van der Waals surface area (Å²) in [7, 11) is -3.66. The van der Waals surface area contributed by atoms with Gasteiger partial charge in [-0.3, -0.25) is 4.72 Å². The molecule has 166 valence electrons. The van der Waals surface area contributed by atoms with Crippen LogP contribution in [0.2, 0.25) is 0 Å². The molecule has 0 saturated carbocycles. The molecule has 4 rings (SSSR count). The zero-order valence-corrected chi connectivity index (χ0v) is 20.2. The van der Waals surface area contributed by atoms with E-state index >= 15 is 0 Å². The van der Waals surface area contributed by atoms with E-state index < -0.39 is 10.0 Å². The predicted octanol–water partition coefficient (Wildman–Crippen LogP) is 6.68. The molecule has 2 aromatic carbocycles. The summed E-state index contributed by atoms with van der Waals surface area (Å²) in [5, 5.41) is 1.02. The zero-order chi connectivity index (χ0) is 22.6. The van der Waals surface area contributed by atoms with Gasteiger partial charge in [-0.05, 0) is 65.5 Å². The Balaban J connectivity index is 1.63. The van der Waals surface area contributed by atoms with Crippen LogP contribution in [0.25, 0.3) is 11.0 Å². The molecule has 1 aliphatic carbocycles. The van der Waals surface area contributed by atoms with Crippen molar-refractivity contribution in [3.63, 3.8) is 0 Å². The van der Waals surface area contributed by atoms with Crippen molar-refractivity contribution in [2.24, 2.45) is 11.3 Å². The molecule has 1 atom stereocenters. The average molecular weight is 440 g/mol. The van der Waals surface area contributed by atoms with Gasteiger partial charge >= 0.3 is 0 Å². The van der Waals surface area contributed by atoms with Gasteiger partial charge in [0.25, 0.3) is 10.0 Å². The predicted molar refractivity (Wildman–Crippen MR) is 127 cm³/mol. The molecule has 0 fully saturated rings. The maximum absolute atomic E-state index is 13.0. The van der Waals surface area contributed by atoms with E-state index in [1.807, 2.05) is 24.3 Å². The standard InChI is InChI=1S/C26H33NO3S/c1-25(2,3)17-7-11-20(12-8-17)31(28,29)27-19-10-14-24-22(16-19)21-15-18(26(4,5)6)9-13-23(21)30-24/h7-8,10-12,14,16,18,27H,9,13,15H2,1-6H3/t18-/m1/s1. The van der Waals surface area contributed by atoms with E-state index in [1.165, 1.54) is 5.56 Å². The summed E-state index contributed by atoms with van der Waals surface area (Å²) < 4.78 is 34.8. The molecule has 0 bridgehead atoms. The molecule has 31 heavy (non-hydrogen) atoms. The first-order chi connectivity index (χ1) is 14.3. The van der Waals surface area contributed by atoms with Gasteiger partial charge in [0.2, 0.25) is 0 Å². The SMILES string of the molecule is CC(C)(C)c1ccc(S(=O)(=O)Nc2ccc3oc4c(c3c2)C[C@H](C(C)(C)C)CC4)cc1. The van der Waals surface area contributed by atoms with Crippen molar-refractivity contribution in [1.82, 2.24) is 0 Å². The van der Waals surface area contributed by atoms with E-state index in [2.05, 4.69) is 46.3 Å². The van der Waals surface area contributed by atoms with Crippen LogP contribution in [0, 0.1) is 11.3 Å². The second-order valence-corrected chi connectivity index (χ2v) is 12.6. The minimum atomic E-state index is -3.66. The highest BCUT2D eigenvalue weighted by atomic mass is 32.2. The number of benzene rings is 2. The van der Waals surface area contributed by atoms with Gasteiger partial charge in [-0.25, -0.2) is 8.42 Å². The number of hydrogen-bond donors (Lipinski definition) is 1. The summed E-state index contributed by atoms with van der Waals surface area (Å²) in [4.78, 5) is 0.266. The molecule has 5 heteroatoms. The normalized spacial score (nSPS) is 17.5. The van der Waals surface area contributed by atoms with E-state index in [9.17, 15) is 8.42 Å². The van der Waals surface area contributed by atoms with Crippen LogP contribution in [0.1, 0.15) is 64.9 Å². The van der Waals surface area contributed by atoms with Crippen LogP contribution >= 0.6 is 0 Å². The maximum atomic E-state index is 13.0. The summed E-state index contributed by atoms with van der Waals surface area (Å²) in [6, 6.07) is 12.7. The van der Waals surface area contributed by atoms with Gasteiger partial charge in [0.05, 0.1) is 4.90 Å². The number of fused-ring (bicyclic) bond motifs is 3. The van der Waals surface area contributed by atoms with Crippen molar-refractivity contribution < 1.29 is 12.8 Å². The fourth-order valence-corrected chi connectivity index (χ4v) is 5.48. The maximum Gasteiger partial charge on any atom is 0.261 e. The lowest BCUT2D eigenvalue weighted by molar-refractivity contribution is 0.210. The molecule has 3 aromatic rings. The van der Waals surface area contributed by atoms with Crippen molar-refractivity contribution in [2.75, 3.05) is 4.72 Å². The van der Waals surface area contributed by atoms with E-state index in [-0.39, 0.29) is 15.7 Å². The van der Waals surface area contributed by atoms with Gasteiger partial charge in [0, 0.05) is 23.1 Å². The van der Waals surface area contributed by atoms with Crippen LogP contribution in [0.15, 0.2) is 51.8 Å². The Bertz CT molecular complexity index is 1210. The molecule has 1 N–H and O–H groups in total. The van der Waals surface area contributed by atoms with Crippen molar-refractivity contribution in [3.05, 3.63) is 59.4 Å². The topological polar surface area (TPSA) is 59.3 Å². The molecule has 0 aliphatic heterocycles. The Hall–Kier alpha value is -2.27. The number of sulfonamides is 1. The van der Waals surface area contributed by atoms with Gasteiger partial charge in [-0.15, -0.1) is 0 Å². The van der Waals surface area contributed by atoms with Crippen LogP contribution in [-0.2, 0) is 28.3 Å². The third-order valence-corrected chi connectivity index (χ3v) is 7.95. The summed E-state index contributed by atoms with van der Waals surface area (Å²) in [5.74, 6) is 1.63. The van der Waals surface area contributed by atoms with Crippen molar-refractivity contribution in [3.8, 4) is 0 Å². The van der Waals surface area contributed by atoms with Crippen molar-refractivity contribution in [1.29, 1.82) is 0 Å². The molecule has 1 heterocycles. The summed E-state index contributed by atoms with van der Waals surface area (Å²) in [5.41, 5.74) is 3.94. The average Bonchev–Trinajstić information content (AvgIpc) is 3.04. The Kier molecular flexibility index (Phi) is 5.24. The summed E-state index contributed by atoms with van der Waals surface area (Å²) >= 11 is 0. The van der Waals surface area contributed by atoms with Gasteiger partial charge in [0.15, 0.2) is 0 Å². The lowest BCUT2D eigenvalue weighted by Crippen LogP contribution is -2.26. The minimum absolute atomic E-state index is 0.0218. The Labute approximate surface area is 186 Å². The fourth-order valence-electron chi connectivity index (χ4n) is 4.43. The molecule has 1 aromatic heterocycles. The molecule has 0 spiro atoms. The van der Waals surface area contributed by atoms with Crippen LogP contribution in [0.5, 0.6) is 0 Å². The quantitative estimate of drug-likeness (QED) is 0.495. The molecule has 0 radical (unpaired) electrons. The van der Waals surface area contributed by atoms with Gasteiger partial charge in [-0.2, -0.15) is 0 Å². The number of furan rings is 1. The molecule has 4 nitrogen and oxygen atoms in total. The minimum Gasteiger partial charge on any atom is -0.461 e. The third-order valence-electron chi connectivity index (χ3n) is 6.55. The second-order valence-electron chi connectivity index (χ2n) is 10.9. The van der Waals surface area contributed by atoms with Crippen LogP contribution in [0.3, 0.4) is 0 Å². The third kappa shape index (κ3) is 4.38. The first kappa shape index (κ1) is 21.9. The number of rotatable bonds is 3. The van der Waals surface area contributed by atoms with Crippen LogP contribution in [0.4, 0.5) is 5.69 Å².